The number of amides is 2. The molecule has 2 unspecified atom stereocenters. The van der Waals surface area contributed by atoms with Crippen LogP contribution in [0.15, 0.2) is 59.4 Å². The number of nitrogen functional groups attached to an aromatic ring is 1. The predicted octanol–water partition coefficient (Wildman–Crippen LogP) is 1.45. The van der Waals surface area contributed by atoms with Crippen LogP contribution < -0.4 is 32.1 Å². The second-order valence-electron chi connectivity index (χ2n) is 9.35. The second kappa shape index (κ2) is 13.2. The van der Waals surface area contributed by atoms with E-state index in [1.54, 1.807) is 24.3 Å². The van der Waals surface area contributed by atoms with Crippen LogP contribution in [0.2, 0.25) is 0 Å². The first-order chi connectivity index (χ1) is 20.1. The molecule has 0 spiro atoms. The van der Waals surface area contributed by atoms with Gasteiger partial charge in [-0.1, -0.05) is 30.3 Å². The van der Waals surface area contributed by atoms with Gasteiger partial charge >= 0.3 is 18.0 Å². The molecule has 2 aromatic carbocycles. The molecule has 15 heteroatoms. The van der Waals surface area contributed by atoms with Crippen molar-refractivity contribution in [3.8, 4) is 0 Å². The summed E-state index contributed by atoms with van der Waals surface area (Å²) in [6.45, 7) is 0.365. The summed E-state index contributed by atoms with van der Waals surface area (Å²) in [7, 11) is 0. The molecule has 2 atom stereocenters. The summed E-state index contributed by atoms with van der Waals surface area (Å²) in [6.07, 6.45) is -1.43. The number of fused-ring (bicyclic) bond motifs is 1. The molecule has 0 aliphatic carbocycles. The summed E-state index contributed by atoms with van der Waals surface area (Å²) in [5.74, 6) is -3.15. The Kier molecular flexibility index (Phi) is 9.21. The lowest BCUT2D eigenvalue weighted by Crippen LogP contribution is -2.53. The number of carbonyl (C=O) groups excluding carboxylic acids is 2. The van der Waals surface area contributed by atoms with E-state index >= 15 is 0 Å². The molecule has 8 N–H and O–H groups in total. The predicted molar refractivity (Wildman–Crippen MR) is 151 cm³/mol. The first-order valence-electron chi connectivity index (χ1n) is 12.9. The standard InChI is InChI=1S/C27H29N7O8/c28-26-32-22-21(24(38)33-26)34(27(41)42-14-15-4-2-1-3-5-15)18(13-30-22)12-29-17-8-6-16(7-9-17)23(37)31-19(25(39)40)10-11-20(35)36/h1-9,18-19,29H,10-14H2,(H,31,37)(H,35,36)(H,39,40)(H4,28,30,32,33,38). The number of hydrogen-bond acceptors (Lipinski definition) is 10. The van der Waals surface area contributed by atoms with Gasteiger partial charge in [0.15, 0.2) is 11.5 Å². The molecular weight excluding hydrogens is 550 g/mol. The van der Waals surface area contributed by atoms with Gasteiger partial charge in [0.05, 0.1) is 6.04 Å². The molecule has 1 aliphatic rings. The topological polar surface area (TPSA) is 229 Å². The van der Waals surface area contributed by atoms with E-state index in [-0.39, 0.29) is 49.1 Å². The smallest absolute Gasteiger partial charge is 0.415 e. The van der Waals surface area contributed by atoms with Crippen molar-refractivity contribution in [2.75, 3.05) is 34.4 Å². The zero-order valence-corrected chi connectivity index (χ0v) is 22.2. The van der Waals surface area contributed by atoms with Gasteiger partial charge in [-0.25, -0.2) is 9.59 Å². The van der Waals surface area contributed by atoms with Gasteiger partial charge in [-0.3, -0.25) is 24.3 Å². The molecule has 0 saturated heterocycles. The quantitative estimate of drug-likeness (QED) is 0.171. The maximum atomic E-state index is 13.3. The summed E-state index contributed by atoms with van der Waals surface area (Å²) in [5, 5.41) is 26.6. The van der Waals surface area contributed by atoms with Gasteiger partial charge in [-0.15, -0.1) is 0 Å². The zero-order chi connectivity index (χ0) is 30.2. The van der Waals surface area contributed by atoms with Gasteiger partial charge in [-0.2, -0.15) is 4.98 Å². The average Bonchev–Trinajstić information content (AvgIpc) is 2.97. The van der Waals surface area contributed by atoms with Crippen molar-refractivity contribution in [1.29, 1.82) is 0 Å². The monoisotopic (exact) mass is 579 g/mol. The maximum absolute atomic E-state index is 13.3. The average molecular weight is 580 g/mol. The molecule has 220 valence electrons. The van der Waals surface area contributed by atoms with Crippen LogP contribution in [0.3, 0.4) is 0 Å². The SMILES string of the molecule is Nc1nc2c(c(=O)[nH]1)N(C(=O)OCc1ccccc1)C(CNc1ccc(C(=O)NC(CCC(=O)O)C(=O)O)cc1)CN2. The van der Waals surface area contributed by atoms with Gasteiger partial charge in [0.25, 0.3) is 11.5 Å². The van der Waals surface area contributed by atoms with Crippen molar-refractivity contribution in [1.82, 2.24) is 15.3 Å². The van der Waals surface area contributed by atoms with Gasteiger partial charge in [-0.05, 0) is 36.2 Å². The van der Waals surface area contributed by atoms with E-state index in [1.807, 2.05) is 18.2 Å². The molecule has 0 saturated carbocycles. The van der Waals surface area contributed by atoms with Crippen molar-refractivity contribution in [3.63, 3.8) is 0 Å². The van der Waals surface area contributed by atoms with Gasteiger partial charge in [0, 0.05) is 30.8 Å². The maximum Gasteiger partial charge on any atom is 0.415 e. The third-order valence-electron chi connectivity index (χ3n) is 6.37. The Labute approximate surface area is 238 Å². The Morgan fingerprint density at radius 2 is 1.81 bits per heavy atom. The molecule has 3 aromatic rings. The molecule has 1 aliphatic heterocycles. The van der Waals surface area contributed by atoms with E-state index in [1.165, 1.54) is 17.0 Å². The Morgan fingerprint density at radius 3 is 2.48 bits per heavy atom. The number of aromatic nitrogens is 2. The summed E-state index contributed by atoms with van der Waals surface area (Å²) < 4.78 is 5.51. The molecule has 0 bridgehead atoms. The normalized spacial score (nSPS) is 14.6. The molecule has 42 heavy (non-hydrogen) atoms. The van der Waals surface area contributed by atoms with Crippen molar-refractivity contribution < 1.29 is 34.1 Å². The Bertz CT molecular complexity index is 1510. The van der Waals surface area contributed by atoms with E-state index in [2.05, 4.69) is 25.9 Å². The number of carboxylic acids is 2. The number of rotatable bonds is 11. The summed E-state index contributed by atoms with van der Waals surface area (Å²) in [5.41, 5.74) is 6.51. The molecule has 1 aromatic heterocycles. The Hall–Kier alpha value is -5.60. The zero-order valence-electron chi connectivity index (χ0n) is 22.2. The number of benzene rings is 2. The first-order valence-corrected chi connectivity index (χ1v) is 12.9. The minimum atomic E-state index is -1.35. The number of carbonyl (C=O) groups is 4. The van der Waals surface area contributed by atoms with Crippen LogP contribution in [0.4, 0.5) is 27.9 Å². The molecule has 15 nitrogen and oxygen atoms in total. The summed E-state index contributed by atoms with van der Waals surface area (Å²) in [4.78, 5) is 68.4. The minimum absolute atomic E-state index is 0.0119. The number of nitrogens with zero attached hydrogens (tertiary/aromatic N) is 2. The highest BCUT2D eigenvalue weighted by molar-refractivity contribution is 5.97. The molecule has 0 fully saturated rings. The highest BCUT2D eigenvalue weighted by Crippen LogP contribution is 2.28. The first kappa shape index (κ1) is 29.4. The van der Waals surface area contributed by atoms with Crippen LogP contribution in [0.5, 0.6) is 0 Å². The third kappa shape index (κ3) is 7.32. The molecule has 2 amide bonds. The van der Waals surface area contributed by atoms with Crippen molar-refractivity contribution in [3.05, 3.63) is 76.1 Å². The largest absolute Gasteiger partial charge is 0.481 e. The van der Waals surface area contributed by atoms with E-state index in [0.717, 1.165) is 5.56 Å². The van der Waals surface area contributed by atoms with Crippen molar-refractivity contribution in [2.45, 2.75) is 31.5 Å². The van der Waals surface area contributed by atoms with E-state index in [9.17, 15) is 29.1 Å². The highest BCUT2D eigenvalue weighted by atomic mass is 16.6. The number of nitrogens with two attached hydrogens (primary N) is 1. The lowest BCUT2D eigenvalue weighted by molar-refractivity contribution is -0.140. The number of aliphatic carboxylic acids is 2. The Morgan fingerprint density at radius 1 is 1.10 bits per heavy atom. The third-order valence-corrected chi connectivity index (χ3v) is 6.37. The van der Waals surface area contributed by atoms with E-state index in [4.69, 9.17) is 15.6 Å². The number of nitrogens with one attached hydrogen (secondary N) is 4. The minimum Gasteiger partial charge on any atom is -0.481 e. The lowest BCUT2D eigenvalue weighted by Gasteiger charge is -2.35. The summed E-state index contributed by atoms with van der Waals surface area (Å²) in [6, 6.07) is 13.2. The van der Waals surface area contributed by atoms with Crippen LogP contribution in [0.1, 0.15) is 28.8 Å². The fraction of sp³-hybridized carbons (Fsp3) is 0.259. The van der Waals surface area contributed by atoms with Crippen LogP contribution in [-0.2, 0) is 20.9 Å². The van der Waals surface area contributed by atoms with Crippen LogP contribution in [0.25, 0.3) is 0 Å². The number of H-pyrrole nitrogens is 1. The summed E-state index contributed by atoms with van der Waals surface area (Å²) >= 11 is 0. The van der Waals surface area contributed by atoms with E-state index < -0.39 is 48.0 Å². The van der Waals surface area contributed by atoms with Crippen molar-refractivity contribution in [2.24, 2.45) is 0 Å². The van der Waals surface area contributed by atoms with Crippen LogP contribution in [-0.4, -0.2) is 69.3 Å². The number of hydrogen-bond donors (Lipinski definition) is 7. The molecule has 4 rings (SSSR count). The second-order valence-corrected chi connectivity index (χ2v) is 9.35. The lowest BCUT2D eigenvalue weighted by atomic mass is 10.1. The molecule has 2 heterocycles. The Balaban J connectivity index is 1.44. The van der Waals surface area contributed by atoms with Crippen LogP contribution >= 0.6 is 0 Å². The number of aromatic amines is 1. The number of anilines is 4. The van der Waals surface area contributed by atoms with Gasteiger partial charge < -0.3 is 36.6 Å². The van der Waals surface area contributed by atoms with Crippen molar-refractivity contribution >= 4 is 47.1 Å². The fourth-order valence-electron chi connectivity index (χ4n) is 4.25. The fourth-order valence-corrected chi connectivity index (χ4v) is 4.25. The number of carboxylic acid groups (broad SMARTS) is 2. The van der Waals surface area contributed by atoms with Gasteiger partial charge in [0.1, 0.15) is 12.6 Å². The van der Waals surface area contributed by atoms with E-state index in [0.29, 0.717) is 5.69 Å². The van der Waals surface area contributed by atoms with Gasteiger partial charge in [0.2, 0.25) is 5.95 Å². The molecular formula is C27H29N7O8. The highest BCUT2D eigenvalue weighted by Gasteiger charge is 2.35. The number of ether oxygens (including phenoxy) is 1. The molecule has 0 radical (unpaired) electrons. The van der Waals surface area contributed by atoms with Crippen LogP contribution in [0, 0.1) is 0 Å².